The zero-order valence-corrected chi connectivity index (χ0v) is 13.8. The van der Waals surface area contributed by atoms with Gasteiger partial charge in [0.15, 0.2) is 0 Å². The van der Waals surface area contributed by atoms with Gasteiger partial charge in [0.05, 0.1) is 23.6 Å². The normalized spacial score (nSPS) is 9.89. The van der Waals surface area contributed by atoms with E-state index in [9.17, 15) is 24.1 Å². The van der Waals surface area contributed by atoms with Gasteiger partial charge < -0.3 is 4.90 Å². The third-order valence-corrected chi connectivity index (χ3v) is 3.60. The van der Waals surface area contributed by atoms with Crippen LogP contribution in [0.15, 0.2) is 41.3 Å². The molecule has 2 aromatic rings. The molecule has 9 nitrogen and oxygen atoms in total. The van der Waals surface area contributed by atoms with Gasteiger partial charge in [0.1, 0.15) is 24.0 Å². The summed E-state index contributed by atoms with van der Waals surface area (Å²) < 4.78 is 13.9. The SMILES string of the molecule is N#CCCN(C(=O)Cn1cc([N+](=O)[O-])cc(C#N)c1=O)c1ccc(F)cc1. The largest absolute Gasteiger partial charge is 0.310 e. The number of carbonyl (C=O) groups is 1. The molecule has 0 aliphatic rings. The second kappa shape index (κ2) is 8.36. The van der Waals surface area contributed by atoms with Gasteiger partial charge in [0, 0.05) is 18.3 Å². The number of hydrogen-bond acceptors (Lipinski definition) is 6. The number of anilines is 1. The van der Waals surface area contributed by atoms with E-state index >= 15 is 0 Å². The Kier molecular flexibility index (Phi) is 5.97. The van der Waals surface area contributed by atoms with Crippen LogP contribution in [0.25, 0.3) is 0 Å². The van der Waals surface area contributed by atoms with Crippen molar-refractivity contribution in [2.24, 2.45) is 0 Å². The highest BCUT2D eigenvalue weighted by molar-refractivity contribution is 5.93. The number of hydrogen-bond donors (Lipinski definition) is 0. The molecule has 1 aromatic heterocycles. The molecule has 2 rings (SSSR count). The van der Waals surface area contributed by atoms with Gasteiger partial charge in [-0.25, -0.2) is 4.39 Å². The second-order valence-corrected chi connectivity index (χ2v) is 5.34. The van der Waals surface area contributed by atoms with Crippen molar-refractivity contribution in [1.29, 1.82) is 10.5 Å². The Morgan fingerprint density at radius 3 is 2.52 bits per heavy atom. The first kappa shape index (κ1) is 19.3. The summed E-state index contributed by atoms with van der Waals surface area (Å²) in [7, 11) is 0. The van der Waals surface area contributed by atoms with Crippen molar-refractivity contribution in [3.63, 3.8) is 0 Å². The molecule has 0 aliphatic carbocycles. The Balaban J connectivity index is 2.40. The van der Waals surface area contributed by atoms with Crippen molar-refractivity contribution in [2.75, 3.05) is 11.4 Å². The number of halogens is 1. The highest BCUT2D eigenvalue weighted by atomic mass is 19.1. The number of nitriles is 2. The first-order valence-electron chi connectivity index (χ1n) is 7.59. The molecule has 1 heterocycles. The molecule has 0 N–H and O–H groups in total. The van der Waals surface area contributed by atoms with E-state index in [-0.39, 0.29) is 13.0 Å². The molecule has 1 amide bonds. The zero-order chi connectivity index (χ0) is 20.0. The molecule has 0 saturated heterocycles. The first-order chi connectivity index (χ1) is 12.9. The third kappa shape index (κ3) is 4.52. The summed E-state index contributed by atoms with van der Waals surface area (Å²) >= 11 is 0. The Bertz CT molecular complexity index is 1020. The molecular weight excluding hydrogens is 357 g/mol. The van der Waals surface area contributed by atoms with Gasteiger partial charge in [0.25, 0.3) is 11.2 Å². The van der Waals surface area contributed by atoms with E-state index < -0.39 is 40.0 Å². The van der Waals surface area contributed by atoms with E-state index in [1.807, 2.05) is 6.07 Å². The Hall–Kier alpha value is -4.05. The number of nitrogens with zero attached hydrogens (tertiary/aromatic N) is 5. The number of rotatable bonds is 6. The maximum absolute atomic E-state index is 13.1. The number of pyridine rings is 1. The number of aromatic nitrogens is 1. The lowest BCUT2D eigenvalue weighted by molar-refractivity contribution is -0.385. The van der Waals surface area contributed by atoms with Crippen molar-refractivity contribution in [1.82, 2.24) is 4.57 Å². The Morgan fingerprint density at radius 2 is 1.96 bits per heavy atom. The molecule has 1 aromatic carbocycles. The fourth-order valence-electron chi connectivity index (χ4n) is 2.33. The smallest absolute Gasteiger partial charge is 0.287 e. The molecule has 0 bridgehead atoms. The van der Waals surface area contributed by atoms with Crippen LogP contribution in [0, 0.1) is 38.6 Å². The molecule has 0 aliphatic heterocycles. The summed E-state index contributed by atoms with van der Waals surface area (Å²) in [4.78, 5) is 36.2. The van der Waals surface area contributed by atoms with Crippen molar-refractivity contribution in [2.45, 2.75) is 13.0 Å². The van der Waals surface area contributed by atoms with E-state index in [1.54, 1.807) is 6.07 Å². The minimum Gasteiger partial charge on any atom is -0.310 e. The Labute approximate surface area is 152 Å². The molecule has 27 heavy (non-hydrogen) atoms. The summed E-state index contributed by atoms with van der Waals surface area (Å²) in [5.41, 5.74) is -1.53. The van der Waals surface area contributed by atoms with Crippen LogP contribution in [0.3, 0.4) is 0 Å². The fraction of sp³-hybridized carbons (Fsp3) is 0.176. The van der Waals surface area contributed by atoms with Gasteiger partial charge in [-0.15, -0.1) is 0 Å². The number of nitro groups is 1. The molecule has 0 spiro atoms. The minimum absolute atomic E-state index is 0.0175. The van der Waals surface area contributed by atoms with Gasteiger partial charge in [-0.05, 0) is 24.3 Å². The van der Waals surface area contributed by atoms with Crippen molar-refractivity contribution >= 4 is 17.3 Å². The lowest BCUT2D eigenvalue weighted by Gasteiger charge is -2.22. The van der Waals surface area contributed by atoms with Crippen LogP contribution in [0.1, 0.15) is 12.0 Å². The number of benzene rings is 1. The number of carbonyl (C=O) groups excluding carboxylic acids is 1. The van der Waals surface area contributed by atoms with Gasteiger partial charge in [0.2, 0.25) is 5.91 Å². The van der Waals surface area contributed by atoms with E-state index in [1.165, 1.54) is 17.0 Å². The maximum atomic E-state index is 13.1. The fourth-order valence-corrected chi connectivity index (χ4v) is 2.33. The molecule has 136 valence electrons. The van der Waals surface area contributed by atoms with E-state index in [0.717, 1.165) is 29.0 Å². The Morgan fingerprint density at radius 1 is 1.30 bits per heavy atom. The highest BCUT2D eigenvalue weighted by Gasteiger charge is 2.20. The van der Waals surface area contributed by atoms with Crippen molar-refractivity contribution in [3.05, 3.63) is 68.4 Å². The van der Waals surface area contributed by atoms with Gasteiger partial charge in [-0.3, -0.25) is 24.3 Å². The van der Waals surface area contributed by atoms with E-state index in [2.05, 4.69) is 0 Å². The number of amides is 1. The van der Waals surface area contributed by atoms with Gasteiger partial charge in [-0.2, -0.15) is 10.5 Å². The zero-order valence-electron chi connectivity index (χ0n) is 13.8. The summed E-state index contributed by atoms with van der Waals surface area (Å²) in [6, 6.07) is 9.21. The minimum atomic E-state index is -0.851. The molecule has 10 heteroatoms. The van der Waals surface area contributed by atoms with Crippen LogP contribution in [0.5, 0.6) is 0 Å². The molecular formula is C17H12FN5O4. The monoisotopic (exact) mass is 369 g/mol. The third-order valence-electron chi connectivity index (χ3n) is 3.60. The molecule has 0 fully saturated rings. The average molecular weight is 369 g/mol. The van der Waals surface area contributed by atoms with Crippen LogP contribution < -0.4 is 10.5 Å². The standard InChI is InChI=1S/C17H12FN5O4/c18-13-2-4-14(5-3-13)22(7-1-6-19)16(24)11-21-10-15(23(26)27)8-12(9-20)17(21)25/h2-5,8,10H,1,7,11H2. The topological polar surface area (TPSA) is 133 Å². The molecule has 0 radical (unpaired) electrons. The lowest BCUT2D eigenvalue weighted by Crippen LogP contribution is -2.37. The molecule has 0 unspecified atom stereocenters. The summed E-state index contributed by atoms with van der Waals surface area (Å²) in [6.07, 6.45) is 0.852. The van der Waals surface area contributed by atoms with Gasteiger partial charge >= 0.3 is 0 Å². The summed E-state index contributed by atoms with van der Waals surface area (Å²) in [6.45, 7) is -0.603. The second-order valence-electron chi connectivity index (χ2n) is 5.34. The predicted molar refractivity (Wildman–Crippen MR) is 91.1 cm³/mol. The van der Waals surface area contributed by atoms with Gasteiger partial charge in [-0.1, -0.05) is 0 Å². The average Bonchev–Trinajstić information content (AvgIpc) is 2.64. The quantitative estimate of drug-likeness (QED) is 0.562. The van der Waals surface area contributed by atoms with Crippen LogP contribution >= 0.6 is 0 Å². The first-order valence-corrected chi connectivity index (χ1v) is 7.59. The highest BCUT2D eigenvalue weighted by Crippen LogP contribution is 2.17. The summed E-state index contributed by atoms with van der Waals surface area (Å²) in [5.74, 6) is -1.16. The molecule has 0 atom stereocenters. The van der Waals surface area contributed by atoms with E-state index in [4.69, 9.17) is 10.5 Å². The van der Waals surface area contributed by atoms with Crippen LogP contribution in [0.4, 0.5) is 15.8 Å². The van der Waals surface area contributed by atoms with Crippen molar-refractivity contribution < 1.29 is 14.1 Å². The van der Waals surface area contributed by atoms with Crippen LogP contribution in [-0.2, 0) is 11.3 Å². The van der Waals surface area contributed by atoms with Crippen LogP contribution in [0.2, 0.25) is 0 Å². The maximum Gasteiger partial charge on any atom is 0.287 e. The summed E-state index contributed by atoms with van der Waals surface area (Å²) in [5, 5.41) is 28.7. The predicted octanol–water partition coefficient (Wildman–Crippen LogP) is 1.71. The van der Waals surface area contributed by atoms with E-state index in [0.29, 0.717) is 5.69 Å². The van der Waals surface area contributed by atoms with Crippen LogP contribution in [-0.4, -0.2) is 21.9 Å². The van der Waals surface area contributed by atoms with Crippen molar-refractivity contribution in [3.8, 4) is 12.1 Å². The molecule has 0 saturated carbocycles. The lowest BCUT2D eigenvalue weighted by atomic mass is 10.2.